The molecular formula is C13H14F3N5. The second-order valence-corrected chi connectivity index (χ2v) is 4.18. The largest absolute Gasteiger partial charge is 0.416 e. The van der Waals surface area contributed by atoms with Crippen LogP contribution in [0.2, 0.25) is 0 Å². The Bertz CT molecular complexity index is 600. The fraction of sp³-hybridized carbons (Fsp3) is 0.231. The highest BCUT2D eigenvalue weighted by molar-refractivity contribution is 5.58. The van der Waals surface area contributed by atoms with Crippen LogP contribution in [0.4, 0.5) is 30.6 Å². The first-order chi connectivity index (χ1) is 9.99. The molecule has 0 bridgehead atoms. The minimum absolute atomic E-state index is 0.299. The van der Waals surface area contributed by atoms with Crippen LogP contribution in [0.3, 0.4) is 0 Å². The highest BCUT2D eigenvalue weighted by Crippen LogP contribution is 2.31. The van der Waals surface area contributed by atoms with Crippen molar-refractivity contribution in [3.05, 3.63) is 42.1 Å². The van der Waals surface area contributed by atoms with Gasteiger partial charge >= 0.3 is 6.18 Å². The molecule has 2 aromatic rings. The summed E-state index contributed by atoms with van der Waals surface area (Å²) in [5.41, 5.74) is 4.94. The van der Waals surface area contributed by atoms with Gasteiger partial charge in [-0.2, -0.15) is 18.2 Å². The molecule has 4 N–H and O–H groups in total. The van der Waals surface area contributed by atoms with Crippen molar-refractivity contribution >= 4 is 17.5 Å². The van der Waals surface area contributed by atoms with Gasteiger partial charge in [0.1, 0.15) is 5.82 Å². The molecular weight excluding hydrogens is 283 g/mol. The number of nitrogens with two attached hydrogens (primary N) is 1. The van der Waals surface area contributed by atoms with Crippen LogP contribution in [-0.2, 0) is 6.18 Å². The van der Waals surface area contributed by atoms with Gasteiger partial charge in [0.2, 0.25) is 5.95 Å². The summed E-state index contributed by atoms with van der Waals surface area (Å²) in [5, 5.41) is 5.70. The predicted octanol–water partition coefficient (Wildman–Crippen LogP) is 2.61. The van der Waals surface area contributed by atoms with Crippen molar-refractivity contribution in [2.75, 3.05) is 23.7 Å². The molecule has 1 aromatic heterocycles. The van der Waals surface area contributed by atoms with Crippen molar-refractivity contribution < 1.29 is 13.2 Å². The molecule has 0 aliphatic heterocycles. The van der Waals surface area contributed by atoms with Crippen molar-refractivity contribution in [3.8, 4) is 0 Å². The van der Waals surface area contributed by atoms with E-state index in [1.807, 2.05) is 0 Å². The molecule has 0 spiro atoms. The molecule has 0 unspecified atom stereocenters. The summed E-state index contributed by atoms with van der Waals surface area (Å²) >= 11 is 0. The molecule has 0 aliphatic carbocycles. The normalized spacial score (nSPS) is 11.2. The number of alkyl halides is 3. The van der Waals surface area contributed by atoms with E-state index in [-0.39, 0.29) is 0 Å². The lowest BCUT2D eigenvalue weighted by molar-refractivity contribution is -0.137. The predicted molar refractivity (Wildman–Crippen MR) is 74.3 cm³/mol. The summed E-state index contributed by atoms with van der Waals surface area (Å²) in [5.74, 6) is 0.751. The number of hydrogen-bond acceptors (Lipinski definition) is 5. The van der Waals surface area contributed by atoms with Crippen molar-refractivity contribution in [1.29, 1.82) is 0 Å². The van der Waals surface area contributed by atoms with Gasteiger partial charge in [0, 0.05) is 25.0 Å². The first-order valence-corrected chi connectivity index (χ1v) is 6.20. The van der Waals surface area contributed by atoms with E-state index < -0.39 is 11.7 Å². The van der Waals surface area contributed by atoms with Crippen LogP contribution < -0.4 is 16.4 Å². The van der Waals surface area contributed by atoms with E-state index >= 15 is 0 Å². The Balaban J connectivity index is 2.14. The molecule has 0 amide bonds. The number of rotatable bonds is 5. The summed E-state index contributed by atoms with van der Waals surface area (Å²) in [4.78, 5) is 8.10. The molecule has 0 saturated carbocycles. The summed E-state index contributed by atoms with van der Waals surface area (Å²) in [6.45, 7) is 0.932. The average molecular weight is 297 g/mol. The van der Waals surface area contributed by atoms with E-state index in [0.717, 1.165) is 12.1 Å². The van der Waals surface area contributed by atoms with E-state index in [9.17, 15) is 13.2 Å². The van der Waals surface area contributed by atoms with Crippen molar-refractivity contribution in [3.63, 3.8) is 0 Å². The van der Waals surface area contributed by atoms with Gasteiger partial charge in [-0.05, 0) is 24.3 Å². The van der Waals surface area contributed by atoms with E-state index in [4.69, 9.17) is 5.73 Å². The first-order valence-electron chi connectivity index (χ1n) is 6.20. The molecule has 2 rings (SSSR count). The lowest BCUT2D eigenvalue weighted by Gasteiger charge is -2.11. The Morgan fingerprint density at radius 1 is 1.19 bits per heavy atom. The third kappa shape index (κ3) is 4.32. The topological polar surface area (TPSA) is 75.9 Å². The minimum Gasteiger partial charge on any atom is -0.353 e. The maximum absolute atomic E-state index is 12.6. The van der Waals surface area contributed by atoms with E-state index in [1.165, 1.54) is 18.3 Å². The Hall–Kier alpha value is -2.35. The number of benzene rings is 1. The van der Waals surface area contributed by atoms with Crippen LogP contribution in [-0.4, -0.2) is 23.1 Å². The second-order valence-electron chi connectivity index (χ2n) is 4.18. The maximum Gasteiger partial charge on any atom is 0.416 e. The first kappa shape index (κ1) is 15.0. The van der Waals surface area contributed by atoms with Crippen molar-refractivity contribution in [2.24, 2.45) is 5.73 Å². The monoisotopic (exact) mass is 297 g/mol. The highest BCUT2D eigenvalue weighted by atomic mass is 19.4. The van der Waals surface area contributed by atoms with Crippen LogP contribution >= 0.6 is 0 Å². The second kappa shape index (κ2) is 6.40. The number of nitrogens with one attached hydrogen (secondary N) is 2. The standard InChI is InChI=1S/C13H14F3N5/c14-13(15,16)9-2-1-3-10(8-9)20-11-4-6-18-12(21-11)19-7-5-17/h1-4,6,8H,5,7,17H2,(H2,18,19,20,21). The molecule has 0 aliphatic rings. The van der Waals surface area contributed by atoms with Gasteiger partial charge in [0.25, 0.3) is 0 Å². The summed E-state index contributed by atoms with van der Waals surface area (Å²) < 4.78 is 37.9. The molecule has 1 aromatic carbocycles. The SMILES string of the molecule is NCCNc1nccc(Nc2cccc(C(F)(F)F)c2)n1. The molecule has 1 heterocycles. The number of nitrogens with zero attached hydrogens (tertiary/aromatic N) is 2. The van der Waals surface area contributed by atoms with Gasteiger partial charge in [-0.15, -0.1) is 0 Å². The molecule has 0 atom stereocenters. The number of halogens is 3. The third-order valence-electron chi connectivity index (χ3n) is 2.55. The van der Waals surface area contributed by atoms with Crippen molar-refractivity contribution in [1.82, 2.24) is 9.97 Å². The highest BCUT2D eigenvalue weighted by Gasteiger charge is 2.30. The Labute approximate surface area is 119 Å². The quantitative estimate of drug-likeness (QED) is 0.791. The average Bonchev–Trinajstić information content (AvgIpc) is 2.45. The maximum atomic E-state index is 12.6. The van der Waals surface area contributed by atoms with Crippen LogP contribution in [0, 0.1) is 0 Å². The smallest absolute Gasteiger partial charge is 0.353 e. The minimum atomic E-state index is -4.38. The zero-order valence-electron chi connectivity index (χ0n) is 11.0. The van der Waals surface area contributed by atoms with Gasteiger partial charge in [-0.3, -0.25) is 0 Å². The number of aromatic nitrogens is 2. The lowest BCUT2D eigenvalue weighted by Crippen LogP contribution is -2.15. The van der Waals surface area contributed by atoms with Crippen LogP contribution in [0.15, 0.2) is 36.5 Å². The van der Waals surface area contributed by atoms with Crippen molar-refractivity contribution in [2.45, 2.75) is 6.18 Å². The summed E-state index contributed by atoms with van der Waals surface area (Å²) in [7, 11) is 0. The van der Waals surface area contributed by atoms with Gasteiger partial charge < -0.3 is 16.4 Å². The fourth-order valence-corrected chi connectivity index (χ4v) is 1.62. The molecule has 21 heavy (non-hydrogen) atoms. The van der Waals surface area contributed by atoms with Gasteiger partial charge in [-0.25, -0.2) is 4.98 Å². The Kier molecular flexibility index (Phi) is 4.59. The number of hydrogen-bond donors (Lipinski definition) is 3. The van der Waals surface area contributed by atoms with Crippen LogP contribution in [0.25, 0.3) is 0 Å². The Morgan fingerprint density at radius 3 is 2.71 bits per heavy atom. The fourth-order valence-electron chi connectivity index (χ4n) is 1.62. The van der Waals surface area contributed by atoms with Gasteiger partial charge in [0.05, 0.1) is 5.56 Å². The zero-order chi connectivity index (χ0) is 15.3. The molecule has 0 saturated heterocycles. The van der Waals surface area contributed by atoms with Gasteiger partial charge in [-0.1, -0.05) is 6.07 Å². The molecule has 112 valence electrons. The molecule has 8 heteroatoms. The molecule has 5 nitrogen and oxygen atoms in total. The zero-order valence-corrected chi connectivity index (χ0v) is 11.0. The molecule has 0 fully saturated rings. The third-order valence-corrected chi connectivity index (χ3v) is 2.55. The Morgan fingerprint density at radius 2 is 2.00 bits per heavy atom. The van der Waals surface area contributed by atoms with E-state index in [2.05, 4.69) is 20.6 Å². The molecule has 0 radical (unpaired) electrons. The lowest BCUT2D eigenvalue weighted by atomic mass is 10.2. The summed E-state index contributed by atoms with van der Waals surface area (Å²) in [6, 6.07) is 6.46. The van der Waals surface area contributed by atoms with Crippen LogP contribution in [0.5, 0.6) is 0 Å². The summed E-state index contributed by atoms with van der Waals surface area (Å²) in [6.07, 6.45) is -2.88. The van der Waals surface area contributed by atoms with E-state index in [1.54, 1.807) is 6.07 Å². The van der Waals surface area contributed by atoms with E-state index in [0.29, 0.717) is 30.5 Å². The number of anilines is 3. The van der Waals surface area contributed by atoms with Crippen LogP contribution in [0.1, 0.15) is 5.56 Å². The van der Waals surface area contributed by atoms with Gasteiger partial charge in [0.15, 0.2) is 0 Å².